The smallest absolute Gasteiger partial charge is 0.0991 e. The van der Waals surface area contributed by atoms with E-state index in [9.17, 15) is 0 Å². The minimum atomic E-state index is 0.245. The number of rotatable bonds is 9. The summed E-state index contributed by atoms with van der Waals surface area (Å²) in [6, 6.07) is 2.69. The van der Waals surface area contributed by atoms with Crippen LogP contribution in [0.1, 0.15) is 52.1 Å². The summed E-state index contributed by atoms with van der Waals surface area (Å²) < 4.78 is 1.55. The van der Waals surface area contributed by atoms with Crippen LogP contribution in [0.25, 0.3) is 0 Å². The molecule has 1 heterocycles. The molecule has 5 heteroatoms. The van der Waals surface area contributed by atoms with E-state index in [1.165, 1.54) is 30.7 Å². The topological polar surface area (TPSA) is 15.3 Å². The molecule has 0 aliphatic rings. The summed E-state index contributed by atoms with van der Waals surface area (Å²) in [6.45, 7) is 12.3. The van der Waals surface area contributed by atoms with E-state index >= 15 is 0 Å². The highest BCUT2D eigenvalue weighted by Crippen LogP contribution is 2.35. The molecular weight excluding hydrogens is 311 g/mol. The molecule has 2 unspecified atom stereocenters. The van der Waals surface area contributed by atoms with Crippen molar-refractivity contribution in [2.75, 3.05) is 19.6 Å². The summed E-state index contributed by atoms with van der Waals surface area (Å²) >= 11 is 13.6. The van der Waals surface area contributed by atoms with Crippen LogP contribution in [0.2, 0.25) is 8.67 Å². The molecular formula is C15H26Cl2N2S. The van der Waals surface area contributed by atoms with Gasteiger partial charge in [-0.1, -0.05) is 37.0 Å². The summed E-state index contributed by atoms with van der Waals surface area (Å²) in [5.74, 6) is 0. The Morgan fingerprint density at radius 1 is 1.25 bits per heavy atom. The monoisotopic (exact) mass is 336 g/mol. The van der Waals surface area contributed by atoms with Crippen molar-refractivity contribution in [2.24, 2.45) is 0 Å². The third kappa shape index (κ3) is 5.90. The van der Waals surface area contributed by atoms with E-state index in [1.807, 2.05) is 6.07 Å². The molecule has 0 aromatic carbocycles. The molecule has 0 spiro atoms. The van der Waals surface area contributed by atoms with Gasteiger partial charge in [-0.25, -0.2) is 0 Å². The Bertz CT molecular complexity index is 391. The maximum atomic E-state index is 6.19. The summed E-state index contributed by atoms with van der Waals surface area (Å²) in [7, 11) is 0. The van der Waals surface area contributed by atoms with Crippen LogP contribution in [0.15, 0.2) is 6.07 Å². The summed E-state index contributed by atoms with van der Waals surface area (Å²) in [6.07, 6.45) is 2.40. The Kier molecular flexibility index (Phi) is 8.45. The highest BCUT2D eigenvalue weighted by atomic mass is 35.5. The third-order valence-corrected chi connectivity index (χ3v) is 5.21. The zero-order valence-corrected chi connectivity index (χ0v) is 15.2. The molecule has 0 aliphatic carbocycles. The van der Waals surface area contributed by atoms with E-state index < -0.39 is 0 Å². The fourth-order valence-electron chi connectivity index (χ4n) is 2.41. The second kappa shape index (κ2) is 9.26. The molecule has 1 N–H and O–H groups in total. The van der Waals surface area contributed by atoms with Crippen LogP contribution in [0.5, 0.6) is 0 Å². The molecule has 0 bridgehead atoms. The average molecular weight is 337 g/mol. The van der Waals surface area contributed by atoms with Crippen molar-refractivity contribution in [3.8, 4) is 0 Å². The predicted molar refractivity (Wildman–Crippen MR) is 92.4 cm³/mol. The number of hydrogen-bond acceptors (Lipinski definition) is 3. The number of halogens is 2. The lowest BCUT2D eigenvalue weighted by molar-refractivity contribution is 0.288. The normalized spacial score (nSPS) is 14.8. The second-order valence-electron chi connectivity index (χ2n) is 5.24. The van der Waals surface area contributed by atoms with E-state index in [-0.39, 0.29) is 6.04 Å². The van der Waals surface area contributed by atoms with Gasteiger partial charge in [-0.2, -0.15) is 0 Å². The molecule has 0 saturated carbocycles. The standard InChI is InChI=1S/C15H26Cl2N2S/c1-5-19(6-2)9-7-8-11(3)18-12(4)13-10-14(16)20-15(13)17/h10-12,18H,5-9H2,1-4H3. The van der Waals surface area contributed by atoms with E-state index in [1.54, 1.807) is 0 Å². The number of nitrogens with one attached hydrogen (secondary N) is 1. The van der Waals surface area contributed by atoms with Crippen molar-refractivity contribution < 1.29 is 0 Å². The summed E-state index contributed by atoms with van der Waals surface area (Å²) in [4.78, 5) is 2.46. The summed E-state index contributed by atoms with van der Waals surface area (Å²) in [5, 5.41) is 3.61. The molecule has 0 radical (unpaired) electrons. The zero-order chi connectivity index (χ0) is 15.1. The highest BCUT2D eigenvalue weighted by Gasteiger charge is 2.15. The largest absolute Gasteiger partial charge is 0.308 e. The van der Waals surface area contributed by atoms with Crippen molar-refractivity contribution in [3.05, 3.63) is 20.3 Å². The Balaban J connectivity index is 2.35. The fourth-order valence-corrected chi connectivity index (χ4v) is 4.05. The second-order valence-corrected chi connectivity index (χ2v) is 7.52. The van der Waals surface area contributed by atoms with Gasteiger partial charge in [0.15, 0.2) is 0 Å². The Morgan fingerprint density at radius 3 is 2.40 bits per heavy atom. The van der Waals surface area contributed by atoms with Crippen LogP contribution in [0.3, 0.4) is 0 Å². The Hall–Kier alpha value is 0.200. The Morgan fingerprint density at radius 2 is 1.90 bits per heavy atom. The zero-order valence-electron chi connectivity index (χ0n) is 12.9. The van der Waals surface area contributed by atoms with Gasteiger partial charge in [0.2, 0.25) is 0 Å². The first-order valence-electron chi connectivity index (χ1n) is 7.41. The van der Waals surface area contributed by atoms with Gasteiger partial charge in [-0.15, -0.1) is 11.3 Å². The minimum absolute atomic E-state index is 0.245. The van der Waals surface area contributed by atoms with Crippen molar-refractivity contribution in [1.29, 1.82) is 0 Å². The maximum Gasteiger partial charge on any atom is 0.0991 e. The number of nitrogens with zero attached hydrogens (tertiary/aromatic N) is 1. The minimum Gasteiger partial charge on any atom is -0.308 e. The van der Waals surface area contributed by atoms with Crippen LogP contribution in [-0.4, -0.2) is 30.6 Å². The van der Waals surface area contributed by atoms with Gasteiger partial charge in [0.05, 0.1) is 8.67 Å². The summed E-state index contributed by atoms with van der Waals surface area (Å²) in [5.41, 5.74) is 1.11. The SMILES string of the molecule is CCN(CC)CCCC(C)NC(C)c1cc(Cl)sc1Cl. The maximum absolute atomic E-state index is 6.19. The molecule has 0 fully saturated rings. The van der Waals surface area contributed by atoms with Crippen LogP contribution in [-0.2, 0) is 0 Å². The predicted octanol–water partition coefficient (Wildman–Crippen LogP) is 5.22. The number of hydrogen-bond donors (Lipinski definition) is 1. The molecule has 116 valence electrons. The highest BCUT2D eigenvalue weighted by molar-refractivity contribution is 7.20. The van der Waals surface area contributed by atoms with Gasteiger partial charge in [-0.05, 0) is 58.0 Å². The van der Waals surface area contributed by atoms with Gasteiger partial charge < -0.3 is 10.2 Å². The third-order valence-electron chi connectivity index (χ3n) is 3.69. The van der Waals surface area contributed by atoms with Crippen LogP contribution >= 0.6 is 34.5 Å². The molecule has 0 amide bonds. The van der Waals surface area contributed by atoms with E-state index in [4.69, 9.17) is 23.2 Å². The van der Waals surface area contributed by atoms with Gasteiger partial charge in [0.25, 0.3) is 0 Å². The first-order chi connectivity index (χ1) is 9.47. The quantitative estimate of drug-likeness (QED) is 0.665. The van der Waals surface area contributed by atoms with Crippen molar-refractivity contribution in [3.63, 3.8) is 0 Å². The Labute approximate surface area is 137 Å². The van der Waals surface area contributed by atoms with Crippen LogP contribution < -0.4 is 5.32 Å². The van der Waals surface area contributed by atoms with Gasteiger partial charge in [0.1, 0.15) is 0 Å². The molecule has 2 atom stereocenters. The lowest BCUT2D eigenvalue weighted by Gasteiger charge is -2.22. The molecule has 0 saturated heterocycles. The fraction of sp³-hybridized carbons (Fsp3) is 0.733. The van der Waals surface area contributed by atoms with Crippen LogP contribution in [0, 0.1) is 0 Å². The first-order valence-corrected chi connectivity index (χ1v) is 8.98. The molecule has 20 heavy (non-hydrogen) atoms. The molecule has 1 aromatic heterocycles. The van der Waals surface area contributed by atoms with Crippen molar-refractivity contribution >= 4 is 34.5 Å². The van der Waals surface area contributed by atoms with Crippen molar-refractivity contribution in [1.82, 2.24) is 10.2 Å². The molecule has 0 aliphatic heterocycles. The van der Waals surface area contributed by atoms with Crippen molar-refractivity contribution in [2.45, 2.75) is 52.6 Å². The molecule has 1 rings (SSSR count). The van der Waals surface area contributed by atoms with E-state index in [2.05, 4.69) is 37.9 Å². The van der Waals surface area contributed by atoms with E-state index in [0.717, 1.165) is 27.3 Å². The van der Waals surface area contributed by atoms with E-state index in [0.29, 0.717) is 6.04 Å². The first kappa shape index (κ1) is 18.2. The van der Waals surface area contributed by atoms with Crippen LogP contribution in [0.4, 0.5) is 0 Å². The molecule has 1 aromatic rings. The average Bonchev–Trinajstić information content (AvgIpc) is 2.74. The van der Waals surface area contributed by atoms with Gasteiger partial charge >= 0.3 is 0 Å². The lowest BCUT2D eigenvalue weighted by atomic mass is 10.1. The lowest BCUT2D eigenvalue weighted by Crippen LogP contribution is -2.30. The van der Waals surface area contributed by atoms with Gasteiger partial charge in [-0.3, -0.25) is 0 Å². The molecule has 2 nitrogen and oxygen atoms in total. The van der Waals surface area contributed by atoms with Gasteiger partial charge in [0, 0.05) is 12.1 Å². The number of thiophene rings is 1.